The second-order valence-corrected chi connectivity index (χ2v) is 4.98. The number of rotatable bonds is 2. The highest BCUT2D eigenvalue weighted by atomic mass is 16.5. The third-order valence-electron chi connectivity index (χ3n) is 3.42. The highest BCUT2D eigenvalue weighted by Crippen LogP contribution is 2.31. The standard InChI is InChI=1S/C11H17NO4/c1-11(6-16-7-11)10(15)12-4-2-3-8(5-12)9(13)14/h8H,2-7H2,1H3,(H,13,14). The van der Waals surface area contributed by atoms with E-state index in [9.17, 15) is 9.59 Å². The molecule has 0 bridgehead atoms. The predicted octanol–water partition coefficient (Wildman–Crippen LogP) is 0.346. The minimum atomic E-state index is -0.799. The number of hydrogen-bond donors (Lipinski definition) is 1. The maximum atomic E-state index is 12.1. The van der Waals surface area contributed by atoms with E-state index < -0.39 is 17.3 Å². The quantitative estimate of drug-likeness (QED) is 0.739. The Kier molecular flexibility index (Phi) is 2.88. The second-order valence-electron chi connectivity index (χ2n) is 4.98. The van der Waals surface area contributed by atoms with Crippen molar-refractivity contribution in [3.63, 3.8) is 0 Å². The summed E-state index contributed by atoms with van der Waals surface area (Å²) in [6.45, 7) is 3.82. The summed E-state index contributed by atoms with van der Waals surface area (Å²) in [6, 6.07) is 0. The first-order valence-corrected chi connectivity index (χ1v) is 5.63. The highest BCUT2D eigenvalue weighted by Gasteiger charge is 2.44. The fourth-order valence-electron chi connectivity index (χ4n) is 2.28. The molecular formula is C11H17NO4. The first-order valence-electron chi connectivity index (χ1n) is 5.63. The highest BCUT2D eigenvalue weighted by molar-refractivity contribution is 5.84. The van der Waals surface area contributed by atoms with Gasteiger partial charge in [-0.25, -0.2) is 0 Å². The minimum Gasteiger partial charge on any atom is -0.481 e. The van der Waals surface area contributed by atoms with Crippen molar-refractivity contribution in [3.05, 3.63) is 0 Å². The van der Waals surface area contributed by atoms with Crippen LogP contribution in [-0.4, -0.2) is 48.2 Å². The van der Waals surface area contributed by atoms with Gasteiger partial charge >= 0.3 is 5.97 Å². The van der Waals surface area contributed by atoms with Gasteiger partial charge < -0.3 is 14.7 Å². The molecule has 0 aliphatic carbocycles. The molecule has 0 aromatic rings. The summed E-state index contributed by atoms with van der Waals surface area (Å²) < 4.78 is 5.06. The van der Waals surface area contributed by atoms with E-state index in [4.69, 9.17) is 9.84 Å². The van der Waals surface area contributed by atoms with Gasteiger partial charge in [0.15, 0.2) is 0 Å². The molecule has 2 aliphatic heterocycles. The minimum absolute atomic E-state index is 0.0460. The number of aliphatic carboxylic acids is 1. The zero-order valence-electron chi connectivity index (χ0n) is 9.44. The van der Waals surface area contributed by atoms with Gasteiger partial charge in [0, 0.05) is 13.1 Å². The van der Waals surface area contributed by atoms with Crippen molar-refractivity contribution >= 4 is 11.9 Å². The van der Waals surface area contributed by atoms with Crippen LogP contribution in [-0.2, 0) is 14.3 Å². The van der Waals surface area contributed by atoms with Gasteiger partial charge in [0.2, 0.25) is 5.91 Å². The molecule has 2 rings (SSSR count). The molecule has 2 saturated heterocycles. The maximum absolute atomic E-state index is 12.1. The number of carbonyl (C=O) groups is 2. The van der Waals surface area contributed by atoms with Crippen LogP contribution in [0.5, 0.6) is 0 Å². The van der Waals surface area contributed by atoms with Crippen molar-refractivity contribution in [2.24, 2.45) is 11.3 Å². The molecule has 1 unspecified atom stereocenters. The van der Waals surface area contributed by atoms with E-state index in [2.05, 4.69) is 0 Å². The van der Waals surface area contributed by atoms with Crippen LogP contribution in [0.3, 0.4) is 0 Å². The van der Waals surface area contributed by atoms with Crippen molar-refractivity contribution in [2.75, 3.05) is 26.3 Å². The van der Waals surface area contributed by atoms with Crippen LogP contribution in [0.2, 0.25) is 0 Å². The van der Waals surface area contributed by atoms with Crippen LogP contribution in [0.25, 0.3) is 0 Å². The van der Waals surface area contributed by atoms with E-state index >= 15 is 0 Å². The summed E-state index contributed by atoms with van der Waals surface area (Å²) in [5, 5.41) is 8.95. The Balaban J connectivity index is 1.99. The zero-order valence-corrected chi connectivity index (χ0v) is 9.44. The summed E-state index contributed by atoms with van der Waals surface area (Å²) in [7, 11) is 0. The molecule has 5 nitrogen and oxygen atoms in total. The first-order chi connectivity index (χ1) is 7.53. The molecule has 0 saturated carbocycles. The summed E-state index contributed by atoms with van der Waals surface area (Å²) in [5.74, 6) is -1.15. The van der Waals surface area contributed by atoms with Crippen molar-refractivity contribution in [2.45, 2.75) is 19.8 Å². The van der Waals surface area contributed by atoms with E-state index in [0.717, 1.165) is 6.42 Å². The number of carbonyl (C=O) groups excluding carboxylic acids is 1. The number of ether oxygens (including phenoxy) is 1. The van der Waals surface area contributed by atoms with Crippen LogP contribution < -0.4 is 0 Å². The third kappa shape index (κ3) is 1.91. The van der Waals surface area contributed by atoms with Gasteiger partial charge in [0.05, 0.1) is 24.5 Å². The van der Waals surface area contributed by atoms with Crippen LogP contribution in [0.15, 0.2) is 0 Å². The van der Waals surface area contributed by atoms with E-state index in [0.29, 0.717) is 32.7 Å². The lowest BCUT2D eigenvalue weighted by atomic mass is 9.85. The summed E-state index contributed by atoms with van der Waals surface area (Å²) >= 11 is 0. The monoisotopic (exact) mass is 227 g/mol. The van der Waals surface area contributed by atoms with Gasteiger partial charge in [0.25, 0.3) is 0 Å². The zero-order chi connectivity index (χ0) is 11.8. The normalized spacial score (nSPS) is 28.3. The Morgan fingerprint density at radius 1 is 1.44 bits per heavy atom. The second kappa shape index (κ2) is 4.05. The van der Waals surface area contributed by atoms with E-state index in [1.54, 1.807) is 4.90 Å². The largest absolute Gasteiger partial charge is 0.481 e. The molecule has 0 spiro atoms. The molecule has 0 radical (unpaired) electrons. The van der Waals surface area contributed by atoms with E-state index in [-0.39, 0.29) is 5.91 Å². The fourth-order valence-corrected chi connectivity index (χ4v) is 2.28. The summed E-state index contributed by atoms with van der Waals surface area (Å²) in [6.07, 6.45) is 1.45. The molecule has 0 aromatic carbocycles. The lowest BCUT2D eigenvalue weighted by Gasteiger charge is -2.42. The SMILES string of the molecule is CC1(C(=O)N2CCCC(C(=O)O)C2)COC1. The molecule has 2 aliphatic rings. The first kappa shape index (κ1) is 11.4. The average Bonchev–Trinajstić information content (AvgIpc) is 2.25. The average molecular weight is 227 g/mol. The maximum Gasteiger partial charge on any atom is 0.308 e. The summed E-state index contributed by atoms with van der Waals surface area (Å²) in [5.41, 5.74) is -0.416. The van der Waals surface area contributed by atoms with Crippen LogP contribution >= 0.6 is 0 Å². The van der Waals surface area contributed by atoms with Crippen LogP contribution in [0.4, 0.5) is 0 Å². The van der Waals surface area contributed by atoms with Crippen molar-refractivity contribution in [3.8, 4) is 0 Å². The van der Waals surface area contributed by atoms with Crippen molar-refractivity contribution in [1.82, 2.24) is 4.90 Å². The molecule has 1 N–H and O–H groups in total. The van der Waals surface area contributed by atoms with Gasteiger partial charge in [-0.05, 0) is 19.8 Å². The molecule has 2 heterocycles. The number of likely N-dealkylation sites (tertiary alicyclic amines) is 1. The molecule has 1 amide bonds. The molecule has 0 aromatic heterocycles. The third-order valence-corrected chi connectivity index (χ3v) is 3.42. The molecular weight excluding hydrogens is 210 g/mol. The summed E-state index contributed by atoms with van der Waals surface area (Å²) in [4.78, 5) is 24.7. The molecule has 2 fully saturated rings. The number of carboxylic acids is 1. The lowest BCUT2D eigenvalue weighted by Crippen LogP contribution is -2.55. The van der Waals surface area contributed by atoms with Gasteiger partial charge in [-0.2, -0.15) is 0 Å². The van der Waals surface area contributed by atoms with Crippen molar-refractivity contribution in [1.29, 1.82) is 0 Å². The van der Waals surface area contributed by atoms with Crippen molar-refractivity contribution < 1.29 is 19.4 Å². The molecule has 5 heteroatoms. The number of hydrogen-bond acceptors (Lipinski definition) is 3. The topological polar surface area (TPSA) is 66.8 Å². The lowest BCUT2D eigenvalue weighted by molar-refractivity contribution is -0.171. The smallest absolute Gasteiger partial charge is 0.308 e. The molecule has 90 valence electrons. The van der Waals surface area contributed by atoms with E-state index in [1.807, 2.05) is 6.92 Å². The van der Waals surface area contributed by atoms with Gasteiger partial charge in [-0.1, -0.05) is 0 Å². The Labute approximate surface area is 94.4 Å². The predicted molar refractivity (Wildman–Crippen MR) is 55.9 cm³/mol. The van der Waals surface area contributed by atoms with E-state index in [1.165, 1.54) is 0 Å². The number of carboxylic acid groups (broad SMARTS) is 1. The Morgan fingerprint density at radius 3 is 2.62 bits per heavy atom. The van der Waals surface area contributed by atoms with Crippen LogP contribution in [0, 0.1) is 11.3 Å². The number of amides is 1. The Morgan fingerprint density at radius 2 is 2.12 bits per heavy atom. The van der Waals surface area contributed by atoms with Crippen LogP contribution in [0.1, 0.15) is 19.8 Å². The molecule has 1 atom stereocenters. The van der Waals surface area contributed by atoms with Gasteiger partial charge in [-0.3, -0.25) is 9.59 Å². The number of nitrogens with zero attached hydrogens (tertiary/aromatic N) is 1. The number of piperidine rings is 1. The molecule has 16 heavy (non-hydrogen) atoms. The Bertz CT molecular complexity index is 311. The fraction of sp³-hybridized carbons (Fsp3) is 0.818. The Hall–Kier alpha value is -1.10. The van der Waals surface area contributed by atoms with Gasteiger partial charge in [-0.15, -0.1) is 0 Å². The van der Waals surface area contributed by atoms with Gasteiger partial charge in [0.1, 0.15) is 0 Å².